The van der Waals surface area contributed by atoms with E-state index < -0.39 is 10.0 Å². The number of nitrogens with two attached hydrogens (primary N) is 1. The van der Waals surface area contributed by atoms with Gasteiger partial charge in [0, 0.05) is 6.42 Å². The summed E-state index contributed by atoms with van der Waals surface area (Å²) in [5, 5.41) is 2.19. The summed E-state index contributed by atoms with van der Waals surface area (Å²) < 4.78 is 33.3. The number of nitrogens with one attached hydrogen (secondary N) is 1. The molecule has 1 aromatic heterocycles. The molecule has 0 radical (unpaired) electrons. The summed E-state index contributed by atoms with van der Waals surface area (Å²) in [6.45, 7) is 0.737. The molecule has 2 aromatic rings. The van der Waals surface area contributed by atoms with Crippen LogP contribution in [0.25, 0.3) is 0 Å². The Morgan fingerprint density at radius 2 is 1.87 bits per heavy atom. The van der Waals surface area contributed by atoms with E-state index in [-0.39, 0.29) is 12.1 Å². The van der Waals surface area contributed by atoms with E-state index in [9.17, 15) is 8.42 Å². The maximum absolute atomic E-state index is 12.5. The molecule has 1 fully saturated rings. The van der Waals surface area contributed by atoms with E-state index in [2.05, 4.69) is 10.0 Å². The molecule has 0 amide bonds. The molecule has 1 saturated carbocycles. The summed E-state index contributed by atoms with van der Waals surface area (Å²) in [5.41, 5.74) is 0. The maximum atomic E-state index is 12.5. The van der Waals surface area contributed by atoms with Crippen molar-refractivity contribution in [1.29, 1.82) is 0 Å². The van der Waals surface area contributed by atoms with Crippen LogP contribution in [0.3, 0.4) is 0 Å². The lowest BCUT2D eigenvalue weighted by Gasteiger charge is -2.29. The van der Waals surface area contributed by atoms with Gasteiger partial charge in [-0.1, -0.05) is 24.6 Å². The number of furan rings is 1. The van der Waals surface area contributed by atoms with Crippen molar-refractivity contribution in [3.05, 3.63) is 54.5 Å². The number of hydrogen-bond donors (Lipinski definition) is 2. The van der Waals surface area contributed by atoms with Gasteiger partial charge >= 0.3 is 0 Å². The van der Waals surface area contributed by atoms with Crippen LogP contribution in [-0.2, 0) is 16.6 Å². The minimum atomic E-state index is -3.46. The normalized spacial score (nSPS) is 22.1. The minimum absolute atomic E-state index is 0.0380. The molecule has 6 heteroatoms. The van der Waals surface area contributed by atoms with Gasteiger partial charge in [-0.2, -0.15) is 0 Å². The molecule has 1 aliphatic carbocycles. The predicted octanol–water partition coefficient (Wildman–Crippen LogP) is 1.63. The lowest BCUT2D eigenvalue weighted by molar-refractivity contribution is -0.710. The third kappa shape index (κ3) is 4.22. The van der Waals surface area contributed by atoms with Crippen molar-refractivity contribution in [2.24, 2.45) is 0 Å². The van der Waals surface area contributed by atoms with E-state index in [1.165, 1.54) is 0 Å². The number of sulfonamides is 1. The van der Waals surface area contributed by atoms with Crippen LogP contribution < -0.4 is 10.0 Å². The Morgan fingerprint density at radius 3 is 2.61 bits per heavy atom. The summed E-state index contributed by atoms with van der Waals surface area (Å²) in [6.07, 6.45) is 5.77. The van der Waals surface area contributed by atoms with Crippen molar-refractivity contribution in [3.63, 3.8) is 0 Å². The topological polar surface area (TPSA) is 75.9 Å². The Balaban J connectivity index is 1.66. The Morgan fingerprint density at radius 1 is 1.09 bits per heavy atom. The molecule has 1 aliphatic rings. The molecule has 23 heavy (non-hydrogen) atoms. The standard InChI is InChI=1S/C17H22N2O3S/c20-23(21,15-8-2-1-3-9-15)19-17-11-5-4-10-16(17)18-13-14-7-6-12-22-14/h1-3,6-9,12,16-19H,4-5,10-11,13H2/p+1/t16-,17-/m1/s1. The quantitative estimate of drug-likeness (QED) is 0.842. The molecule has 1 aromatic carbocycles. The Kier molecular flexibility index (Phi) is 5.15. The minimum Gasteiger partial charge on any atom is -0.463 e. The lowest BCUT2D eigenvalue weighted by Crippen LogP contribution is -2.92. The zero-order valence-electron chi connectivity index (χ0n) is 13.0. The summed E-state index contributed by atoms with van der Waals surface area (Å²) in [7, 11) is -3.46. The molecular formula is C17H23N2O3S+. The molecule has 124 valence electrons. The Labute approximate surface area is 137 Å². The highest BCUT2D eigenvalue weighted by molar-refractivity contribution is 7.89. The van der Waals surface area contributed by atoms with Gasteiger partial charge in [0.25, 0.3) is 0 Å². The first kappa shape index (κ1) is 16.2. The number of rotatable bonds is 6. The second-order valence-electron chi connectivity index (χ2n) is 6.01. The van der Waals surface area contributed by atoms with Crippen molar-refractivity contribution < 1.29 is 18.2 Å². The van der Waals surface area contributed by atoms with E-state index in [1.807, 2.05) is 18.2 Å². The van der Waals surface area contributed by atoms with Crippen molar-refractivity contribution in [2.45, 2.75) is 49.2 Å². The maximum Gasteiger partial charge on any atom is 0.241 e. The largest absolute Gasteiger partial charge is 0.463 e. The summed E-state index contributed by atoms with van der Waals surface area (Å²) in [5.74, 6) is 0.917. The van der Waals surface area contributed by atoms with Crippen LogP contribution in [0.2, 0.25) is 0 Å². The van der Waals surface area contributed by atoms with E-state index in [4.69, 9.17) is 4.42 Å². The van der Waals surface area contributed by atoms with Crippen LogP contribution in [-0.4, -0.2) is 20.5 Å². The van der Waals surface area contributed by atoms with Crippen molar-refractivity contribution >= 4 is 10.0 Å². The average Bonchev–Trinajstić information content (AvgIpc) is 3.08. The molecule has 0 spiro atoms. The van der Waals surface area contributed by atoms with Gasteiger partial charge in [-0.15, -0.1) is 0 Å². The predicted molar refractivity (Wildman–Crippen MR) is 87.1 cm³/mol. The van der Waals surface area contributed by atoms with Gasteiger partial charge in [-0.05, 0) is 37.1 Å². The monoisotopic (exact) mass is 335 g/mol. The molecule has 5 nitrogen and oxygen atoms in total. The zero-order chi connectivity index (χ0) is 16.1. The van der Waals surface area contributed by atoms with Crippen LogP contribution in [0, 0.1) is 0 Å². The van der Waals surface area contributed by atoms with Crippen LogP contribution in [0.4, 0.5) is 0 Å². The second kappa shape index (κ2) is 7.29. The molecule has 0 bridgehead atoms. The second-order valence-corrected chi connectivity index (χ2v) is 7.72. The highest BCUT2D eigenvalue weighted by Crippen LogP contribution is 2.19. The van der Waals surface area contributed by atoms with Gasteiger partial charge in [0.05, 0.1) is 17.2 Å². The molecular weight excluding hydrogens is 312 g/mol. The lowest BCUT2D eigenvalue weighted by atomic mass is 9.91. The van der Waals surface area contributed by atoms with Gasteiger partial charge in [-0.25, -0.2) is 13.1 Å². The first-order chi connectivity index (χ1) is 11.1. The van der Waals surface area contributed by atoms with E-state index >= 15 is 0 Å². The van der Waals surface area contributed by atoms with Crippen LogP contribution in [0.1, 0.15) is 31.4 Å². The SMILES string of the molecule is O=S(=O)(N[C@@H]1CCCC[C@H]1[NH2+]Cc1ccco1)c1ccccc1. The molecule has 3 N–H and O–H groups in total. The molecule has 3 rings (SSSR count). The summed E-state index contributed by atoms with van der Waals surface area (Å²) in [4.78, 5) is 0.329. The number of quaternary nitrogens is 1. The van der Waals surface area contributed by atoms with Crippen LogP contribution in [0.15, 0.2) is 58.0 Å². The fraction of sp³-hybridized carbons (Fsp3) is 0.412. The Hall–Kier alpha value is -1.63. The van der Waals surface area contributed by atoms with E-state index in [1.54, 1.807) is 30.5 Å². The highest BCUT2D eigenvalue weighted by Gasteiger charge is 2.31. The number of benzene rings is 1. The molecule has 1 heterocycles. The molecule has 0 unspecified atom stereocenters. The Bertz CT molecular complexity index is 699. The smallest absolute Gasteiger partial charge is 0.241 e. The van der Waals surface area contributed by atoms with E-state index in [0.717, 1.165) is 38.0 Å². The first-order valence-corrected chi connectivity index (χ1v) is 9.56. The van der Waals surface area contributed by atoms with Gasteiger partial charge < -0.3 is 9.73 Å². The fourth-order valence-corrected chi connectivity index (χ4v) is 4.49. The fourth-order valence-electron chi connectivity index (χ4n) is 3.15. The van der Waals surface area contributed by atoms with Crippen LogP contribution in [0.5, 0.6) is 0 Å². The van der Waals surface area contributed by atoms with Crippen molar-refractivity contribution in [2.75, 3.05) is 0 Å². The third-order valence-electron chi connectivity index (χ3n) is 4.38. The highest BCUT2D eigenvalue weighted by atomic mass is 32.2. The summed E-state index contributed by atoms with van der Waals surface area (Å²) >= 11 is 0. The average molecular weight is 335 g/mol. The third-order valence-corrected chi connectivity index (χ3v) is 5.89. The van der Waals surface area contributed by atoms with Crippen molar-refractivity contribution in [1.82, 2.24) is 4.72 Å². The van der Waals surface area contributed by atoms with Crippen LogP contribution >= 0.6 is 0 Å². The van der Waals surface area contributed by atoms with Gasteiger partial charge in [0.15, 0.2) is 5.76 Å². The zero-order valence-corrected chi connectivity index (χ0v) is 13.8. The molecule has 2 atom stereocenters. The van der Waals surface area contributed by atoms with Gasteiger partial charge in [-0.3, -0.25) is 0 Å². The number of hydrogen-bond acceptors (Lipinski definition) is 3. The van der Waals surface area contributed by atoms with Gasteiger partial charge in [0.2, 0.25) is 10.0 Å². The van der Waals surface area contributed by atoms with E-state index in [0.29, 0.717) is 4.90 Å². The first-order valence-electron chi connectivity index (χ1n) is 8.08. The molecule has 0 aliphatic heterocycles. The molecule has 0 saturated heterocycles. The van der Waals surface area contributed by atoms with Gasteiger partial charge in [0.1, 0.15) is 12.6 Å². The summed E-state index contributed by atoms with van der Waals surface area (Å²) in [6, 6.07) is 12.6. The van der Waals surface area contributed by atoms with Crippen molar-refractivity contribution in [3.8, 4) is 0 Å².